The number of alkyl halides is 3. The molecule has 0 aromatic heterocycles. The number of nitrogens with zero attached hydrogens (tertiary/aromatic N) is 1. The van der Waals surface area contributed by atoms with Gasteiger partial charge in [-0.2, -0.15) is 13.2 Å². The van der Waals surface area contributed by atoms with Crippen molar-refractivity contribution < 1.29 is 22.8 Å². The Morgan fingerprint density at radius 2 is 1.72 bits per heavy atom. The van der Waals surface area contributed by atoms with E-state index in [1.54, 1.807) is 12.1 Å². The molecule has 0 unspecified atom stereocenters. The van der Waals surface area contributed by atoms with E-state index in [4.69, 9.17) is 11.5 Å². The maximum absolute atomic E-state index is 12.8. The highest BCUT2D eigenvalue weighted by Crippen LogP contribution is 2.30. The molecular formula is C17H16F3N3O2. The van der Waals surface area contributed by atoms with Gasteiger partial charge in [0.2, 0.25) is 5.91 Å². The van der Waals surface area contributed by atoms with Gasteiger partial charge in [-0.25, -0.2) is 0 Å². The first-order chi connectivity index (χ1) is 11.7. The number of rotatable bonds is 5. The van der Waals surface area contributed by atoms with Gasteiger partial charge < -0.3 is 16.4 Å². The average molecular weight is 351 g/mol. The van der Waals surface area contributed by atoms with Crippen molar-refractivity contribution in [3.05, 3.63) is 65.2 Å². The van der Waals surface area contributed by atoms with Crippen LogP contribution >= 0.6 is 0 Å². The fourth-order valence-corrected chi connectivity index (χ4v) is 2.32. The highest BCUT2D eigenvalue weighted by atomic mass is 19.4. The van der Waals surface area contributed by atoms with Crippen LogP contribution in [0.2, 0.25) is 0 Å². The van der Waals surface area contributed by atoms with Gasteiger partial charge in [-0.1, -0.05) is 24.3 Å². The van der Waals surface area contributed by atoms with Gasteiger partial charge in [-0.05, 0) is 29.8 Å². The second-order valence-corrected chi connectivity index (χ2v) is 5.41. The van der Waals surface area contributed by atoms with Crippen LogP contribution in [0.1, 0.15) is 21.5 Å². The van der Waals surface area contributed by atoms with Crippen molar-refractivity contribution in [3.8, 4) is 0 Å². The van der Waals surface area contributed by atoms with E-state index >= 15 is 0 Å². The Bertz CT molecular complexity index is 791. The molecule has 0 fully saturated rings. The fraction of sp³-hybridized carbons (Fsp3) is 0.176. The van der Waals surface area contributed by atoms with E-state index in [2.05, 4.69) is 0 Å². The molecule has 0 atom stereocenters. The van der Waals surface area contributed by atoms with Crippen molar-refractivity contribution in [1.82, 2.24) is 4.90 Å². The largest absolute Gasteiger partial charge is 0.416 e. The quantitative estimate of drug-likeness (QED) is 0.811. The topological polar surface area (TPSA) is 89.4 Å². The average Bonchev–Trinajstić information content (AvgIpc) is 2.53. The Kier molecular flexibility index (Phi) is 5.31. The molecule has 2 aromatic carbocycles. The summed E-state index contributed by atoms with van der Waals surface area (Å²) in [6.45, 7) is -0.649. The van der Waals surface area contributed by atoms with Crippen molar-refractivity contribution >= 4 is 17.5 Å². The first-order valence-electron chi connectivity index (χ1n) is 7.26. The van der Waals surface area contributed by atoms with Crippen LogP contribution in [0.5, 0.6) is 0 Å². The molecule has 8 heteroatoms. The van der Waals surface area contributed by atoms with Crippen molar-refractivity contribution in [2.45, 2.75) is 12.7 Å². The molecule has 4 N–H and O–H groups in total. The van der Waals surface area contributed by atoms with Gasteiger partial charge in [0.15, 0.2) is 0 Å². The summed E-state index contributed by atoms with van der Waals surface area (Å²) in [4.78, 5) is 24.9. The van der Waals surface area contributed by atoms with Crippen molar-refractivity contribution in [2.24, 2.45) is 5.73 Å². The van der Waals surface area contributed by atoms with Crippen molar-refractivity contribution in [1.29, 1.82) is 0 Å². The monoisotopic (exact) mass is 351 g/mol. The number of hydrogen-bond donors (Lipinski definition) is 2. The number of carbonyl (C=O) groups excluding carboxylic acids is 2. The van der Waals surface area contributed by atoms with Gasteiger partial charge in [0.25, 0.3) is 5.91 Å². The Balaban J connectivity index is 2.31. The minimum absolute atomic E-state index is 0.149. The van der Waals surface area contributed by atoms with E-state index < -0.39 is 30.1 Å². The number of halogens is 3. The lowest BCUT2D eigenvalue weighted by Gasteiger charge is -2.22. The number of hydrogen-bond acceptors (Lipinski definition) is 3. The summed E-state index contributed by atoms with van der Waals surface area (Å²) in [6.07, 6.45) is -4.50. The highest BCUT2D eigenvalue weighted by Gasteiger charge is 2.30. The molecule has 0 saturated carbocycles. The molecule has 2 amide bonds. The molecule has 0 aliphatic carbocycles. The minimum Gasteiger partial charge on any atom is -0.398 e. The van der Waals surface area contributed by atoms with Crippen LogP contribution in [-0.2, 0) is 17.5 Å². The van der Waals surface area contributed by atoms with Crippen molar-refractivity contribution in [3.63, 3.8) is 0 Å². The summed E-state index contributed by atoms with van der Waals surface area (Å²) in [6, 6.07) is 10.7. The lowest BCUT2D eigenvalue weighted by molar-refractivity contribution is -0.137. The van der Waals surface area contributed by atoms with E-state index in [-0.39, 0.29) is 23.4 Å². The Hall–Kier alpha value is -3.03. The highest BCUT2D eigenvalue weighted by molar-refractivity contribution is 6.00. The molecule has 2 rings (SSSR count). The van der Waals surface area contributed by atoms with Crippen molar-refractivity contribution in [2.75, 3.05) is 12.3 Å². The molecule has 0 aliphatic heterocycles. The van der Waals surface area contributed by atoms with E-state index in [1.807, 2.05) is 0 Å². The maximum Gasteiger partial charge on any atom is 0.416 e. The van der Waals surface area contributed by atoms with Crippen LogP contribution in [0.25, 0.3) is 0 Å². The van der Waals surface area contributed by atoms with Crippen LogP contribution in [0.3, 0.4) is 0 Å². The smallest absolute Gasteiger partial charge is 0.398 e. The molecule has 25 heavy (non-hydrogen) atoms. The first kappa shape index (κ1) is 18.3. The number of carbonyl (C=O) groups is 2. The van der Waals surface area contributed by atoms with Gasteiger partial charge in [0, 0.05) is 12.2 Å². The van der Waals surface area contributed by atoms with Crippen LogP contribution in [0, 0.1) is 0 Å². The number of primary amides is 1. The molecule has 0 radical (unpaired) electrons. The van der Waals surface area contributed by atoms with E-state index in [0.717, 1.165) is 17.0 Å². The predicted octanol–water partition coefficient (Wildman–Crippen LogP) is 2.42. The maximum atomic E-state index is 12.8. The van der Waals surface area contributed by atoms with Gasteiger partial charge in [0.1, 0.15) is 0 Å². The van der Waals surface area contributed by atoms with E-state index in [0.29, 0.717) is 0 Å². The number of nitrogen functional groups attached to an aromatic ring is 1. The Morgan fingerprint density at radius 3 is 2.32 bits per heavy atom. The van der Waals surface area contributed by atoms with Gasteiger partial charge in [-0.3, -0.25) is 9.59 Å². The number of benzene rings is 2. The first-order valence-corrected chi connectivity index (χ1v) is 7.26. The molecule has 0 spiro atoms. The lowest BCUT2D eigenvalue weighted by atomic mass is 10.1. The van der Waals surface area contributed by atoms with Crippen LogP contribution in [0.15, 0.2) is 48.5 Å². The summed E-state index contributed by atoms with van der Waals surface area (Å²) in [5.74, 6) is -1.37. The zero-order chi connectivity index (χ0) is 18.6. The fourth-order valence-electron chi connectivity index (χ4n) is 2.32. The molecule has 5 nitrogen and oxygen atoms in total. The van der Waals surface area contributed by atoms with E-state index in [1.165, 1.54) is 24.3 Å². The van der Waals surface area contributed by atoms with Gasteiger partial charge in [0.05, 0.1) is 17.7 Å². The molecule has 2 aromatic rings. The minimum atomic E-state index is -4.50. The standard InChI is InChI=1S/C17H16F3N3O2/c18-17(19,20)12-5-3-4-11(8-12)9-23(10-15(22)24)16(25)13-6-1-2-7-14(13)21/h1-8H,9-10,21H2,(H2,22,24). The van der Waals surface area contributed by atoms with Gasteiger partial charge >= 0.3 is 6.18 Å². The third kappa shape index (κ3) is 4.72. The van der Waals surface area contributed by atoms with Crippen LogP contribution in [0.4, 0.5) is 18.9 Å². The molecule has 0 bridgehead atoms. The van der Waals surface area contributed by atoms with E-state index in [9.17, 15) is 22.8 Å². The summed E-state index contributed by atoms with van der Waals surface area (Å²) in [5.41, 5.74) is 10.6. The third-order valence-corrected chi connectivity index (χ3v) is 3.45. The molecule has 132 valence electrons. The second-order valence-electron chi connectivity index (χ2n) is 5.41. The predicted molar refractivity (Wildman–Crippen MR) is 86.2 cm³/mol. The van der Waals surface area contributed by atoms with Gasteiger partial charge in [-0.15, -0.1) is 0 Å². The SMILES string of the molecule is NC(=O)CN(Cc1cccc(C(F)(F)F)c1)C(=O)c1ccccc1N. The number of amides is 2. The molecular weight excluding hydrogens is 335 g/mol. The molecule has 0 heterocycles. The zero-order valence-corrected chi connectivity index (χ0v) is 13.1. The Morgan fingerprint density at radius 1 is 1.04 bits per heavy atom. The number of nitrogens with two attached hydrogens (primary N) is 2. The van der Waals surface area contributed by atoms with Crippen LogP contribution < -0.4 is 11.5 Å². The summed E-state index contributed by atoms with van der Waals surface area (Å²) in [7, 11) is 0. The molecule has 0 aliphatic rings. The lowest BCUT2D eigenvalue weighted by Crippen LogP contribution is -2.38. The molecule has 0 saturated heterocycles. The summed E-state index contributed by atoms with van der Waals surface area (Å²) >= 11 is 0. The third-order valence-electron chi connectivity index (χ3n) is 3.45. The number of para-hydroxylation sites is 1. The summed E-state index contributed by atoms with van der Waals surface area (Å²) < 4.78 is 38.5. The summed E-state index contributed by atoms with van der Waals surface area (Å²) in [5, 5.41) is 0. The number of anilines is 1. The Labute approximate surface area is 142 Å². The normalized spacial score (nSPS) is 11.2. The zero-order valence-electron chi connectivity index (χ0n) is 13.1. The second kappa shape index (κ2) is 7.25. The van der Waals surface area contributed by atoms with Crippen LogP contribution in [-0.4, -0.2) is 23.3 Å².